The Morgan fingerprint density at radius 3 is 2.75 bits per heavy atom. The molecule has 0 aromatic rings. The van der Waals surface area contributed by atoms with E-state index in [-0.39, 0.29) is 0 Å². The minimum absolute atomic E-state index is 0.330. The Hall–Kier alpha value is -0.470. The lowest BCUT2D eigenvalue weighted by Crippen LogP contribution is -2.30. The van der Waals surface area contributed by atoms with E-state index in [2.05, 4.69) is 17.3 Å². The SMILES string of the molecule is ON=C1CC=CC2C1[C@H]1CC[C@@H]2C1=C(Cl)Cl. The Balaban J connectivity index is 2.07. The highest BCUT2D eigenvalue weighted by molar-refractivity contribution is 6.56. The Bertz CT molecular complexity index is 409. The number of oxime groups is 1. The van der Waals surface area contributed by atoms with Crippen LogP contribution in [0.1, 0.15) is 19.3 Å². The maximum atomic E-state index is 9.06. The zero-order valence-corrected chi connectivity index (χ0v) is 10.2. The molecular formula is C12H13Cl2NO. The third-order valence-corrected chi connectivity index (χ3v) is 4.75. The summed E-state index contributed by atoms with van der Waals surface area (Å²) in [7, 11) is 0. The van der Waals surface area contributed by atoms with E-state index >= 15 is 0 Å². The van der Waals surface area contributed by atoms with Gasteiger partial charge in [-0.3, -0.25) is 0 Å². The van der Waals surface area contributed by atoms with Gasteiger partial charge in [-0.1, -0.05) is 40.5 Å². The molecule has 16 heavy (non-hydrogen) atoms. The van der Waals surface area contributed by atoms with Crippen molar-refractivity contribution in [3.05, 3.63) is 22.2 Å². The molecule has 1 N–H and O–H groups in total. The van der Waals surface area contributed by atoms with Crippen molar-refractivity contribution >= 4 is 28.9 Å². The van der Waals surface area contributed by atoms with Crippen molar-refractivity contribution in [2.24, 2.45) is 28.8 Å². The molecule has 0 aromatic carbocycles. The van der Waals surface area contributed by atoms with Crippen LogP contribution >= 0.6 is 23.2 Å². The van der Waals surface area contributed by atoms with E-state index in [0.29, 0.717) is 28.2 Å². The first kappa shape index (κ1) is 10.7. The summed E-state index contributed by atoms with van der Waals surface area (Å²) in [5.74, 6) is 1.64. The van der Waals surface area contributed by atoms with Crippen molar-refractivity contribution in [3.8, 4) is 0 Å². The minimum Gasteiger partial charge on any atom is -0.411 e. The average molecular weight is 258 g/mol. The molecular weight excluding hydrogens is 245 g/mol. The van der Waals surface area contributed by atoms with E-state index in [1.807, 2.05) is 0 Å². The summed E-state index contributed by atoms with van der Waals surface area (Å²) in [6.45, 7) is 0. The largest absolute Gasteiger partial charge is 0.411 e. The van der Waals surface area contributed by atoms with E-state index in [1.54, 1.807) is 0 Å². The maximum Gasteiger partial charge on any atom is 0.106 e. The predicted octanol–water partition coefficient (Wildman–Crippen LogP) is 3.74. The molecule has 0 saturated heterocycles. The second kappa shape index (κ2) is 3.78. The monoisotopic (exact) mass is 257 g/mol. The maximum absolute atomic E-state index is 9.06. The molecule has 3 aliphatic carbocycles. The molecule has 2 saturated carbocycles. The van der Waals surface area contributed by atoms with E-state index < -0.39 is 0 Å². The van der Waals surface area contributed by atoms with E-state index in [0.717, 1.165) is 25.0 Å². The number of rotatable bonds is 0. The number of hydrogen-bond donors (Lipinski definition) is 1. The molecule has 2 nitrogen and oxygen atoms in total. The van der Waals surface area contributed by atoms with E-state index in [4.69, 9.17) is 28.4 Å². The van der Waals surface area contributed by atoms with Crippen molar-refractivity contribution in [3.63, 3.8) is 0 Å². The molecule has 3 aliphatic rings. The lowest BCUT2D eigenvalue weighted by atomic mass is 9.73. The molecule has 0 aliphatic heterocycles. The fraction of sp³-hybridized carbons (Fsp3) is 0.583. The van der Waals surface area contributed by atoms with Crippen molar-refractivity contribution in [2.45, 2.75) is 19.3 Å². The molecule has 2 unspecified atom stereocenters. The van der Waals surface area contributed by atoms with Crippen molar-refractivity contribution < 1.29 is 5.21 Å². The number of allylic oxidation sites excluding steroid dienone is 3. The third kappa shape index (κ3) is 1.29. The summed E-state index contributed by atoms with van der Waals surface area (Å²) in [5.41, 5.74) is 2.10. The Morgan fingerprint density at radius 1 is 1.31 bits per heavy atom. The highest BCUT2D eigenvalue weighted by Crippen LogP contribution is 2.59. The summed E-state index contributed by atoms with van der Waals surface area (Å²) in [4.78, 5) is 0. The van der Waals surface area contributed by atoms with Crippen LogP contribution in [0, 0.1) is 23.7 Å². The molecule has 0 heterocycles. The van der Waals surface area contributed by atoms with Crippen LogP contribution in [0.15, 0.2) is 27.4 Å². The van der Waals surface area contributed by atoms with Crippen LogP contribution in [0.3, 0.4) is 0 Å². The summed E-state index contributed by atoms with van der Waals surface area (Å²) < 4.78 is 0.438. The standard InChI is InChI=1S/C12H13Cl2NO/c13-12(14)11-7-4-5-8(11)10-6(7)2-1-3-9(10)15-16/h1-2,6-8,10,16H,3-5H2/t6?,7-,8+,10?/m0/s1. The van der Waals surface area contributed by atoms with E-state index in [1.165, 1.54) is 5.57 Å². The van der Waals surface area contributed by atoms with Crippen LogP contribution in [0.25, 0.3) is 0 Å². The Labute approximate surface area is 105 Å². The quantitative estimate of drug-likeness (QED) is 0.400. The second-order valence-electron chi connectivity index (χ2n) is 4.83. The van der Waals surface area contributed by atoms with Gasteiger partial charge in [0.2, 0.25) is 0 Å². The smallest absolute Gasteiger partial charge is 0.106 e. The van der Waals surface area contributed by atoms with Gasteiger partial charge in [0, 0.05) is 12.3 Å². The zero-order chi connectivity index (χ0) is 11.3. The van der Waals surface area contributed by atoms with E-state index in [9.17, 15) is 0 Å². The van der Waals surface area contributed by atoms with Gasteiger partial charge in [0.15, 0.2) is 0 Å². The zero-order valence-electron chi connectivity index (χ0n) is 8.74. The molecule has 0 amide bonds. The molecule has 2 fully saturated rings. The molecule has 3 rings (SSSR count). The van der Waals surface area contributed by atoms with Gasteiger partial charge in [0.05, 0.1) is 5.71 Å². The topological polar surface area (TPSA) is 32.6 Å². The number of nitrogens with zero attached hydrogens (tertiary/aromatic N) is 1. The Morgan fingerprint density at radius 2 is 2.06 bits per heavy atom. The lowest BCUT2D eigenvalue weighted by Gasteiger charge is -2.31. The van der Waals surface area contributed by atoms with Gasteiger partial charge in [-0.05, 0) is 36.2 Å². The van der Waals surface area contributed by atoms with Crippen molar-refractivity contribution in [2.75, 3.05) is 0 Å². The molecule has 2 bridgehead atoms. The normalized spacial score (nSPS) is 42.9. The first-order valence-electron chi connectivity index (χ1n) is 5.66. The number of halogens is 2. The van der Waals surface area contributed by atoms with Crippen molar-refractivity contribution in [1.82, 2.24) is 0 Å². The van der Waals surface area contributed by atoms with Gasteiger partial charge in [-0.2, -0.15) is 0 Å². The summed E-state index contributed by atoms with van der Waals surface area (Å²) >= 11 is 12.0. The molecule has 4 atom stereocenters. The fourth-order valence-electron chi connectivity index (χ4n) is 3.81. The molecule has 0 spiro atoms. The third-order valence-electron chi connectivity index (χ3n) is 4.32. The van der Waals surface area contributed by atoms with Gasteiger partial charge in [0.1, 0.15) is 4.49 Å². The predicted molar refractivity (Wildman–Crippen MR) is 64.9 cm³/mol. The van der Waals surface area contributed by atoms with Gasteiger partial charge in [-0.25, -0.2) is 0 Å². The average Bonchev–Trinajstić information content (AvgIpc) is 2.84. The summed E-state index contributed by atoms with van der Waals surface area (Å²) in [6.07, 6.45) is 7.38. The molecule has 86 valence electrons. The van der Waals surface area contributed by atoms with Crippen LogP contribution in [-0.2, 0) is 0 Å². The highest BCUT2D eigenvalue weighted by atomic mass is 35.5. The van der Waals surface area contributed by atoms with Crippen LogP contribution in [0.2, 0.25) is 0 Å². The first-order chi connectivity index (χ1) is 7.74. The lowest BCUT2D eigenvalue weighted by molar-refractivity contribution is 0.288. The number of hydrogen-bond acceptors (Lipinski definition) is 2. The fourth-order valence-corrected chi connectivity index (χ4v) is 4.37. The molecule has 0 radical (unpaired) electrons. The first-order valence-corrected chi connectivity index (χ1v) is 6.42. The van der Waals surface area contributed by atoms with Crippen LogP contribution < -0.4 is 0 Å². The Kier molecular flexibility index (Phi) is 2.52. The van der Waals surface area contributed by atoms with Crippen molar-refractivity contribution in [1.29, 1.82) is 0 Å². The summed E-state index contributed by atoms with van der Waals surface area (Å²) in [6, 6.07) is 0. The minimum atomic E-state index is 0.330. The number of fused-ring (bicyclic) bond motifs is 5. The van der Waals surface area contributed by atoms with Gasteiger partial charge in [-0.15, -0.1) is 0 Å². The van der Waals surface area contributed by atoms with Crippen LogP contribution in [-0.4, -0.2) is 10.9 Å². The van der Waals surface area contributed by atoms with Crippen LogP contribution in [0.4, 0.5) is 0 Å². The van der Waals surface area contributed by atoms with Crippen LogP contribution in [0.5, 0.6) is 0 Å². The second-order valence-corrected chi connectivity index (χ2v) is 5.78. The van der Waals surface area contributed by atoms with Gasteiger partial charge < -0.3 is 5.21 Å². The molecule has 4 heteroatoms. The van der Waals surface area contributed by atoms with Gasteiger partial charge >= 0.3 is 0 Å². The van der Waals surface area contributed by atoms with Gasteiger partial charge in [0.25, 0.3) is 0 Å². The molecule has 0 aromatic heterocycles. The highest BCUT2D eigenvalue weighted by Gasteiger charge is 2.53. The summed E-state index contributed by atoms with van der Waals surface area (Å²) in [5, 5.41) is 12.5.